The Morgan fingerprint density at radius 1 is 0.649 bits per heavy atom. The largest absolute Gasteiger partial charge is 0.573 e. The number of aryl methyl sites for hydroxylation is 1. The average Bonchev–Trinajstić information content (AvgIpc) is 3.14. The monoisotopic (exact) mass is 790 g/mol. The van der Waals surface area contributed by atoms with E-state index in [1.807, 2.05) is 13.8 Å². The molecule has 0 saturated heterocycles. The lowest BCUT2D eigenvalue weighted by Crippen LogP contribution is -2.17. The first-order valence-electron chi connectivity index (χ1n) is 16.8. The number of hydrogen-bond acceptors (Lipinski definition) is 8. The van der Waals surface area contributed by atoms with Crippen molar-refractivity contribution in [1.82, 2.24) is 9.97 Å². The third-order valence-electron chi connectivity index (χ3n) is 7.86. The fourth-order valence-electron chi connectivity index (χ4n) is 5.41. The number of rotatable bonds is 11. The SMILES string of the molecule is CC(C)Oc1ccc(F)c(-c2ccc(Nc3ncccc3C(=O)O)c(F)c2)c1.Cc1cc(Nc2ncccc2C(=O)O)c(F)cc1-c1cccc(OC(F)(F)F)c1. The average molecular weight is 791 g/mol. The van der Waals surface area contributed by atoms with Crippen molar-refractivity contribution in [2.24, 2.45) is 0 Å². The van der Waals surface area contributed by atoms with E-state index in [0.717, 1.165) is 18.2 Å². The Balaban J connectivity index is 0.000000218. The molecule has 0 unspecified atom stereocenters. The maximum absolute atomic E-state index is 14.7. The highest BCUT2D eigenvalue weighted by atomic mass is 19.4. The lowest BCUT2D eigenvalue weighted by molar-refractivity contribution is -0.274. The molecule has 6 aromatic rings. The van der Waals surface area contributed by atoms with Gasteiger partial charge in [0.05, 0.1) is 17.5 Å². The number of hydrogen-bond donors (Lipinski definition) is 4. The minimum Gasteiger partial charge on any atom is -0.491 e. The van der Waals surface area contributed by atoms with E-state index < -0.39 is 41.5 Å². The smallest absolute Gasteiger partial charge is 0.491 e. The van der Waals surface area contributed by atoms with Crippen LogP contribution in [0.4, 0.5) is 49.4 Å². The van der Waals surface area contributed by atoms with Crippen LogP contribution in [0, 0.1) is 24.4 Å². The van der Waals surface area contributed by atoms with Gasteiger partial charge in [-0.2, -0.15) is 0 Å². The third kappa shape index (κ3) is 10.8. The van der Waals surface area contributed by atoms with Gasteiger partial charge in [0.1, 0.15) is 51.7 Å². The van der Waals surface area contributed by atoms with Gasteiger partial charge in [-0.15, -0.1) is 13.2 Å². The Kier molecular flexibility index (Phi) is 12.7. The minimum atomic E-state index is -4.84. The number of aromatic nitrogens is 2. The fraction of sp³-hybridized carbons (Fsp3) is 0.122. The lowest BCUT2D eigenvalue weighted by atomic mass is 9.99. The van der Waals surface area contributed by atoms with Crippen LogP contribution in [0.5, 0.6) is 11.5 Å². The van der Waals surface area contributed by atoms with E-state index in [1.54, 1.807) is 6.92 Å². The molecule has 6 rings (SSSR count). The summed E-state index contributed by atoms with van der Waals surface area (Å²) in [6.07, 6.45) is -2.16. The molecule has 57 heavy (non-hydrogen) atoms. The van der Waals surface area contributed by atoms with Gasteiger partial charge in [-0.1, -0.05) is 18.2 Å². The van der Waals surface area contributed by atoms with E-state index in [2.05, 4.69) is 25.3 Å². The molecule has 0 fully saturated rings. The van der Waals surface area contributed by atoms with Crippen LogP contribution in [0.3, 0.4) is 0 Å². The Labute approximate surface area is 321 Å². The molecule has 0 aliphatic carbocycles. The normalized spacial score (nSPS) is 11.0. The number of aromatic carboxylic acids is 2. The second kappa shape index (κ2) is 17.6. The molecule has 0 spiro atoms. The van der Waals surface area contributed by atoms with Crippen molar-refractivity contribution in [1.29, 1.82) is 0 Å². The summed E-state index contributed by atoms with van der Waals surface area (Å²) in [6.45, 7) is 5.35. The van der Waals surface area contributed by atoms with E-state index in [9.17, 15) is 46.1 Å². The van der Waals surface area contributed by atoms with Crippen LogP contribution in [0.15, 0.2) is 109 Å². The van der Waals surface area contributed by atoms with E-state index in [0.29, 0.717) is 28.0 Å². The summed E-state index contributed by atoms with van der Waals surface area (Å²) in [5.74, 6) is -4.28. The molecule has 0 bridgehead atoms. The molecule has 4 aromatic carbocycles. The number of alkyl halides is 3. The molecule has 0 aliphatic heterocycles. The van der Waals surface area contributed by atoms with Crippen LogP contribution < -0.4 is 20.1 Å². The van der Waals surface area contributed by atoms with Gasteiger partial charge in [0, 0.05) is 18.0 Å². The van der Waals surface area contributed by atoms with Gasteiger partial charge < -0.3 is 30.3 Å². The molecule has 10 nitrogen and oxygen atoms in total. The summed E-state index contributed by atoms with van der Waals surface area (Å²) in [5.41, 5.74) is 1.56. The lowest BCUT2D eigenvalue weighted by Gasteiger charge is -2.14. The number of benzene rings is 4. The zero-order valence-corrected chi connectivity index (χ0v) is 30.2. The zero-order valence-electron chi connectivity index (χ0n) is 30.2. The van der Waals surface area contributed by atoms with Gasteiger partial charge in [0.25, 0.3) is 0 Å². The summed E-state index contributed by atoms with van der Waals surface area (Å²) in [5, 5.41) is 23.7. The van der Waals surface area contributed by atoms with Gasteiger partial charge >= 0.3 is 18.3 Å². The summed E-state index contributed by atoms with van der Waals surface area (Å²) in [7, 11) is 0. The molecular formula is C41H32F6N4O6. The molecule has 0 atom stereocenters. The van der Waals surface area contributed by atoms with Gasteiger partial charge in [0.15, 0.2) is 0 Å². The summed E-state index contributed by atoms with van der Waals surface area (Å²) in [6, 6.07) is 21.8. The predicted octanol–water partition coefficient (Wildman–Crippen LogP) is 10.8. The van der Waals surface area contributed by atoms with Crippen molar-refractivity contribution < 1.29 is 55.6 Å². The minimum absolute atomic E-state index is 0.0140. The summed E-state index contributed by atoms with van der Waals surface area (Å²) in [4.78, 5) is 30.4. The van der Waals surface area contributed by atoms with Crippen molar-refractivity contribution in [2.45, 2.75) is 33.2 Å². The second-order valence-electron chi connectivity index (χ2n) is 12.4. The fourth-order valence-corrected chi connectivity index (χ4v) is 5.41. The number of pyridine rings is 2. The molecular weight excluding hydrogens is 758 g/mol. The van der Waals surface area contributed by atoms with Crippen LogP contribution in [-0.4, -0.2) is 44.6 Å². The number of halogens is 6. The quantitative estimate of drug-likeness (QED) is 0.0937. The maximum atomic E-state index is 14.7. The predicted molar refractivity (Wildman–Crippen MR) is 200 cm³/mol. The maximum Gasteiger partial charge on any atom is 0.573 e. The van der Waals surface area contributed by atoms with E-state index in [1.165, 1.54) is 91.3 Å². The first kappa shape index (κ1) is 41.1. The van der Waals surface area contributed by atoms with Crippen LogP contribution in [0.25, 0.3) is 22.3 Å². The molecule has 2 aromatic heterocycles. The summed E-state index contributed by atoms with van der Waals surface area (Å²) >= 11 is 0. The van der Waals surface area contributed by atoms with Crippen molar-refractivity contribution in [2.75, 3.05) is 10.6 Å². The number of anilines is 4. The van der Waals surface area contributed by atoms with E-state index in [4.69, 9.17) is 4.74 Å². The van der Waals surface area contributed by atoms with Crippen molar-refractivity contribution >= 4 is 34.9 Å². The molecule has 294 valence electrons. The van der Waals surface area contributed by atoms with Crippen LogP contribution >= 0.6 is 0 Å². The second-order valence-corrected chi connectivity index (χ2v) is 12.4. The first-order chi connectivity index (χ1) is 27.0. The Bertz CT molecular complexity index is 2430. The highest BCUT2D eigenvalue weighted by Crippen LogP contribution is 2.34. The number of nitrogens with one attached hydrogen (secondary N) is 2. The van der Waals surface area contributed by atoms with E-state index in [-0.39, 0.29) is 45.8 Å². The Hall–Kier alpha value is -7.10. The van der Waals surface area contributed by atoms with Crippen LogP contribution in [-0.2, 0) is 0 Å². The Morgan fingerprint density at radius 2 is 1.25 bits per heavy atom. The van der Waals surface area contributed by atoms with Crippen LogP contribution in [0.1, 0.15) is 40.1 Å². The van der Waals surface area contributed by atoms with Crippen molar-refractivity contribution in [3.63, 3.8) is 0 Å². The highest BCUT2D eigenvalue weighted by Gasteiger charge is 2.31. The van der Waals surface area contributed by atoms with Crippen LogP contribution in [0.2, 0.25) is 0 Å². The molecule has 4 N–H and O–H groups in total. The van der Waals surface area contributed by atoms with Gasteiger partial charge in [-0.25, -0.2) is 32.7 Å². The number of ether oxygens (including phenoxy) is 2. The van der Waals surface area contributed by atoms with Crippen molar-refractivity contribution in [3.05, 3.63) is 144 Å². The molecule has 0 aliphatic rings. The molecule has 0 saturated carbocycles. The standard InChI is InChI=1S/C21H18F2N2O3.C20H14F4N2O3/c1-12(2)28-14-6-7-17(22)16(11-14)13-5-8-19(18(23)10-13)25-20-15(21(26)27)4-3-9-24-20;1-11-8-17(26-18-14(19(27)28)6-3-7-25-18)16(21)10-15(11)12-4-2-5-13(9-12)29-20(22,23)24/h3-12H,1-2H3,(H,24,25)(H,26,27);2-10H,1H3,(H,25,26)(H,27,28). The number of carboxylic acids is 2. The van der Waals surface area contributed by atoms with Crippen molar-refractivity contribution in [3.8, 4) is 33.8 Å². The first-order valence-corrected chi connectivity index (χ1v) is 16.8. The van der Waals surface area contributed by atoms with Gasteiger partial charge in [0.2, 0.25) is 0 Å². The Morgan fingerprint density at radius 3 is 1.82 bits per heavy atom. The number of nitrogens with zero attached hydrogens (tertiary/aromatic N) is 2. The highest BCUT2D eigenvalue weighted by molar-refractivity contribution is 5.94. The molecule has 0 amide bonds. The van der Waals surface area contributed by atoms with Gasteiger partial charge in [-0.3, -0.25) is 0 Å². The molecule has 2 heterocycles. The van der Waals surface area contributed by atoms with Gasteiger partial charge in [-0.05, 0) is 122 Å². The third-order valence-corrected chi connectivity index (χ3v) is 7.86. The zero-order chi connectivity index (χ0) is 41.4. The number of carboxylic acid groups (broad SMARTS) is 2. The number of carbonyl (C=O) groups is 2. The van der Waals surface area contributed by atoms with E-state index >= 15 is 0 Å². The molecule has 0 radical (unpaired) electrons. The summed E-state index contributed by atoms with van der Waals surface area (Å²) < 4.78 is 90.3. The molecule has 16 heteroatoms. The topological polar surface area (TPSA) is 143 Å².